The van der Waals surface area contributed by atoms with E-state index in [2.05, 4.69) is 25.7 Å². The van der Waals surface area contributed by atoms with Gasteiger partial charge in [0.1, 0.15) is 11.6 Å². The molecule has 0 unspecified atom stereocenters. The van der Waals surface area contributed by atoms with Crippen LogP contribution in [-0.4, -0.2) is 42.5 Å². The van der Waals surface area contributed by atoms with Crippen LogP contribution in [0.2, 0.25) is 30.1 Å². The lowest BCUT2D eigenvalue weighted by Crippen LogP contribution is -2.16. The van der Waals surface area contributed by atoms with Crippen molar-refractivity contribution >= 4 is 98.8 Å². The van der Waals surface area contributed by atoms with Crippen molar-refractivity contribution < 1.29 is 31.2 Å². The van der Waals surface area contributed by atoms with E-state index in [4.69, 9.17) is 79.1 Å². The van der Waals surface area contributed by atoms with E-state index in [0.29, 0.717) is 75.9 Å². The molecule has 0 saturated carbocycles. The van der Waals surface area contributed by atoms with Crippen LogP contribution >= 0.6 is 69.6 Å². The Morgan fingerprint density at radius 1 is 0.571 bits per heavy atom. The molecule has 0 radical (unpaired) electrons. The van der Waals surface area contributed by atoms with Crippen LogP contribution in [0.4, 0.5) is 20.2 Å². The number of rotatable bonds is 11. The van der Waals surface area contributed by atoms with E-state index in [0.717, 1.165) is 0 Å². The maximum atomic E-state index is 13.3. The Balaban J connectivity index is 0.000000354. The van der Waals surface area contributed by atoms with E-state index >= 15 is 0 Å². The monoisotopic (exact) mass is 1070 g/mol. The zero-order valence-electron chi connectivity index (χ0n) is 36.0. The minimum atomic E-state index is -1.16. The number of hydrogen-bond donors (Lipinski definition) is 3. The number of carbonyl (C=O) groups is 3. The molecular weight excluding hydrogens is 1030 g/mol. The van der Waals surface area contributed by atoms with Crippen molar-refractivity contribution in [2.75, 3.05) is 10.6 Å². The molecule has 0 bridgehead atoms. The summed E-state index contributed by atoms with van der Waals surface area (Å²) in [5, 5.41) is 26.3. The molecule has 0 fully saturated rings. The predicted octanol–water partition coefficient (Wildman–Crippen LogP) is 16.0. The third-order valence-electron chi connectivity index (χ3n) is 9.68. The summed E-state index contributed by atoms with van der Waals surface area (Å²) in [5.74, 6) is -3.25. The van der Waals surface area contributed by atoms with Crippen LogP contribution in [0, 0.1) is 18.2 Å². The minimum Gasteiger partial charge on any atom is -0.481 e. The maximum absolute atomic E-state index is 13.3. The summed E-state index contributed by atoms with van der Waals surface area (Å²) in [6, 6.07) is 33.8. The first-order chi connectivity index (χ1) is 33.1. The van der Waals surface area contributed by atoms with Gasteiger partial charge in [-0.1, -0.05) is 116 Å². The standard InChI is InChI=1S/C24H14Cl3FN4O.C24H15Cl3FN3O3.3CH4.H2/c1-29-13-19-22(24(33)30-18-9-7-17(28)8-10-18)31-32(21-11-6-16(26)12-20(21)27)23(19)14-2-4-15(25)5-3-14;25-14-3-1-13(2-4-14)23-18(12-21(32)33)22(24(34)29-17-8-6-16(28)7-9-17)30-31(23)20-10-5-15(26)11-19(20)27;;;;/h2-12H,13H2,(H,30,33);1-11H,12H2,(H,29,34)(H,32,33);3*1H4;1H/i;;;;;1+1D. The molecule has 0 aliphatic rings. The van der Waals surface area contributed by atoms with Crippen molar-refractivity contribution in [3.8, 4) is 33.9 Å². The number of nitrogens with one attached hydrogen (secondary N) is 2. The summed E-state index contributed by atoms with van der Waals surface area (Å²) in [7, 11) is 0. The Bertz CT molecular complexity index is 3210. The summed E-state index contributed by atoms with van der Waals surface area (Å²) in [6.45, 7) is 7.35. The quantitative estimate of drug-likeness (QED) is 0.110. The van der Waals surface area contributed by atoms with E-state index in [1.807, 2.05) is 0 Å². The Kier molecular flexibility index (Phi) is 19.1. The first-order valence-electron chi connectivity index (χ1n) is 20.5. The van der Waals surface area contributed by atoms with Crippen LogP contribution in [-0.2, 0) is 17.8 Å². The fraction of sp³-hybridized carbons (Fsp3) is 0.0980. The van der Waals surface area contributed by atoms with E-state index in [1.54, 1.807) is 78.9 Å². The van der Waals surface area contributed by atoms with Gasteiger partial charge in [-0.2, -0.15) is 10.2 Å². The molecule has 0 aliphatic carbocycles. The van der Waals surface area contributed by atoms with Gasteiger partial charge in [-0.15, -0.1) is 0 Å². The Hall–Kier alpha value is -6.76. The number of carboxylic acids is 1. The van der Waals surface area contributed by atoms with E-state index in [-0.39, 0.29) is 50.8 Å². The topological polar surface area (TPSA) is 136 Å². The number of hydrogen-bond acceptors (Lipinski definition) is 5. The van der Waals surface area contributed by atoms with E-state index in [9.17, 15) is 28.3 Å². The van der Waals surface area contributed by atoms with Gasteiger partial charge in [0.2, 0.25) is 6.54 Å². The molecule has 2 amide bonds. The van der Waals surface area contributed by atoms with Gasteiger partial charge < -0.3 is 20.6 Å². The summed E-state index contributed by atoms with van der Waals surface area (Å²) < 4.78 is 39.4. The molecule has 8 aromatic rings. The van der Waals surface area contributed by atoms with Crippen LogP contribution < -0.4 is 10.6 Å². The zero-order chi connectivity index (χ0) is 49.9. The second-order valence-electron chi connectivity index (χ2n) is 14.2. The van der Waals surface area contributed by atoms with Crippen molar-refractivity contribution in [3.63, 3.8) is 0 Å². The minimum absolute atomic E-state index is 0. The van der Waals surface area contributed by atoms with Gasteiger partial charge in [-0.3, -0.25) is 14.4 Å². The number of aliphatic carboxylic acids is 1. The van der Waals surface area contributed by atoms with Crippen LogP contribution in [0.15, 0.2) is 133 Å². The SMILES string of the molecule is C.C.C.O=C(O)Cc1c(C(=O)Nc2ccc(F)cc2)nn(-c2ccc(Cl)cc2Cl)c1-c1ccc(Cl)cc1.[2H][2H].[C-]#[N+]Cc1c(C(=O)Nc2ccc(F)cc2)nn(-c2ccc(Cl)cc2Cl)c1-c1ccc(Cl)cc1. The van der Waals surface area contributed by atoms with Crippen LogP contribution in [0.1, 0.15) is 57.4 Å². The molecule has 2 heterocycles. The van der Waals surface area contributed by atoms with E-state index in [1.165, 1.54) is 64.0 Å². The summed E-state index contributed by atoms with van der Waals surface area (Å²) in [5.41, 5.74) is 4.23. The molecule has 19 heteroatoms. The number of carboxylic acid groups (broad SMARTS) is 1. The van der Waals surface area contributed by atoms with Crippen molar-refractivity contribution in [3.05, 3.63) is 209 Å². The van der Waals surface area contributed by atoms with Gasteiger partial charge in [0, 0.05) is 51.1 Å². The van der Waals surface area contributed by atoms with Gasteiger partial charge in [0.15, 0.2) is 11.4 Å². The Labute approximate surface area is 436 Å². The first kappa shape index (κ1) is 54.2. The molecule has 0 saturated heterocycles. The fourth-order valence-electron chi connectivity index (χ4n) is 6.72. The fourth-order valence-corrected chi connectivity index (χ4v) is 7.95. The summed E-state index contributed by atoms with van der Waals surface area (Å²) in [4.78, 5) is 41.6. The molecule has 70 heavy (non-hydrogen) atoms. The lowest BCUT2D eigenvalue weighted by atomic mass is 10.0. The lowest BCUT2D eigenvalue weighted by Gasteiger charge is -2.11. The highest BCUT2D eigenvalue weighted by atomic mass is 35.5. The number of anilines is 2. The van der Waals surface area contributed by atoms with Crippen molar-refractivity contribution in [2.24, 2.45) is 0 Å². The normalized spacial score (nSPS) is 10.4. The van der Waals surface area contributed by atoms with E-state index < -0.39 is 35.8 Å². The highest BCUT2D eigenvalue weighted by Gasteiger charge is 2.29. The summed E-state index contributed by atoms with van der Waals surface area (Å²) in [6.07, 6.45) is -0.491. The van der Waals surface area contributed by atoms with Gasteiger partial charge in [-0.25, -0.2) is 24.7 Å². The smallest absolute Gasteiger partial charge is 0.307 e. The second kappa shape index (κ2) is 24.7. The number of nitrogens with zero attached hydrogens (tertiary/aromatic N) is 5. The Morgan fingerprint density at radius 2 is 0.929 bits per heavy atom. The largest absolute Gasteiger partial charge is 0.481 e. The molecule has 6 aromatic carbocycles. The maximum Gasteiger partial charge on any atom is 0.307 e. The Morgan fingerprint density at radius 3 is 1.29 bits per heavy atom. The predicted molar refractivity (Wildman–Crippen MR) is 281 cm³/mol. The molecule has 11 nitrogen and oxygen atoms in total. The molecular formula is C51H43Cl6F2N7O4. The average molecular weight is 1070 g/mol. The van der Waals surface area contributed by atoms with Crippen molar-refractivity contribution in [2.45, 2.75) is 35.2 Å². The molecule has 0 spiro atoms. The molecule has 0 atom stereocenters. The molecule has 0 aliphatic heterocycles. The lowest BCUT2D eigenvalue weighted by molar-refractivity contribution is -0.136. The van der Waals surface area contributed by atoms with Crippen molar-refractivity contribution in [1.29, 1.82) is 0 Å². The highest BCUT2D eigenvalue weighted by Crippen LogP contribution is 2.36. The molecule has 8 rings (SSSR count). The van der Waals surface area contributed by atoms with Crippen LogP contribution in [0.5, 0.6) is 0 Å². The second-order valence-corrected chi connectivity index (χ2v) is 16.7. The van der Waals surface area contributed by atoms with Gasteiger partial charge in [0.25, 0.3) is 11.8 Å². The van der Waals surface area contributed by atoms with Crippen molar-refractivity contribution in [1.82, 2.24) is 19.6 Å². The van der Waals surface area contributed by atoms with Gasteiger partial charge >= 0.3 is 5.97 Å². The van der Waals surface area contributed by atoms with Gasteiger partial charge in [0.05, 0.1) is 44.8 Å². The third-order valence-corrected chi connectivity index (χ3v) is 11.3. The van der Waals surface area contributed by atoms with Crippen LogP contribution in [0.3, 0.4) is 0 Å². The zero-order valence-corrected chi connectivity index (χ0v) is 38.6. The first-order valence-corrected chi connectivity index (χ1v) is 21.7. The number of aromatic nitrogens is 4. The summed E-state index contributed by atoms with van der Waals surface area (Å²) >= 11 is 37.1. The van der Waals surface area contributed by atoms with Gasteiger partial charge in [-0.05, 0) is 109 Å². The highest BCUT2D eigenvalue weighted by molar-refractivity contribution is 6.36. The third kappa shape index (κ3) is 13.1. The van der Waals surface area contributed by atoms with Crippen LogP contribution in [0.25, 0.3) is 38.7 Å². The molecule has 3 N–H and O–H groups in total. The molecule has 2 aromatic heterocycles. The average Bonchev–Trinajstić information content (AvgIpc) is 3.88. The number of amides is 2. The molecule has 362 valence electrons. The number of carbonyl (C=O) groups excluding carboxylic acids is 2. The number of benzene rings is 6. The number of halogens is 8.